The third-order valence-electron chi connectivity index (χ3n) is 8.41. The summed E-state index contributed by atoms with van der Waals surface area (Å²) in [5.41, 5.74) is 5.22. The maximum atomic E-state index is 12.7. The minimum atomic E-state index is -3.70. The van der Waals surface area contributed by atoms with Gasteiger partial charge in [-0.1, -0.05) is 97.1 Å². The summed E-state index contributed by atoms with van der Waals surface area (Å²) in [6.45, 7) is 6.11. The van der Waals surface area contributed by atoms with Gasteiger partial charge in [0, 0.05) is 36.1 Å². The Morgan fingerprint density at radius 2 is 0.804 bits per heavy atom. The quantitative estimate of drug-likeness (QED) is 0.110. The molecule has 0 amide bonds. The summed E-state index contributed by atoms with van der Waals surface area (Å²) in [6.07, 6.45) is 2.25. The molecule has 0 aliphatic heterocycles. The molecule has 4 aromatic carbocycles. The summed E-state index contributed by atoms with van der Waals surface area (Å²) < 4.78 is 75.2. The standard InChI is InChI=1S/2C21H21NO5S/c2*1-15-19(14-26-16(2)23)27-21(20(15)17-10-6-4-7-11-17)22(28(3,24)25)18-12-8-5-9-13-18/h2*4-13H,14H2,1-3H3. The van der Waals surface area contributed by atoms with Crippen molar-refractivity contribution in [2.24, 2.45) is 0 Å². The lowest BCUT2D eigenvalue weighted by atomic mass is 10.0. The van der Waals surface area contributed by atoms with Crippen molar-refractivity contribution in [3.63, 3.8) is 0 Å². The van der Waals surface area contributed by atoms with Crippen molar-refractivity contribution >= 4 is 55.1 Å². The van der Waals surface area contributed by atoms with Gasteiger partial charge in [0.05, 0.1) is 23.9 Å². The molecule has 0 aliphatic carbocycles. The summed E-state index contributed by atoms with van der Waals surface area (Å²) in [7, 11) is -7.41. The third kappa shape index (κ3) is 9.75. The predicted octanol–water partition coefficient (Wildman–Crippen LogP) is 8.83. The zero-order valence-electron chi connectivity index (χ0n) is 31.8. The fourth-order valence-electron chi connectivity index (χ4n) is 5.92. The number of ether oxygens (including phenoxy) is 2. The molecule has 0 aliphatic rings. The highest BCUT2D eigenvalue weighted by Crippen LogP contribution is 2.44. The third-order valence-corrected chi connectivity index (χ3v) is 10.5. The van der Waals surface area contributed by atoms with Gasteiger partial charge in [0.2, 0.25) is 31.8 Å². The molecule has 292 valence electrons. The van der Waals surface area contributed by atoms with Gasteiger partial charge in [-0.15, -0.1) is 0 Å². The van der Waals surface area contributed by atoms with Crippen molar-refractivity contribution in [1.29, 1.82) is 0 Å². The molecule has 0 radical (unpaired) electrons. The van der Waals surface area contributed by atoms with Gasteiger partial charge < -0.3 is 18.3 Å². The van der Waals surface area contributed by atoms with Gasteiger partial charge in [-0.3, -0.25) is 9.59 Å². The highest BCUT2D eigenvalue weighted by Gasteiger charge is 2.31. The smallest absolute Gasteiger partial charge is 0.303 e. The highest BCUT2D eigenvalue weighted by atomic mass is 32.2. The van der Waals surface area contributed by atoms with E-state index in [0.29, 0.717) is 45.1 Å². The Morgan fingerprint density at radius 3 is 1.07 bits per heavy atom. The first-order valence-corrected chi connectivity index (χ1v) is 21.0. The van der Waals surface area contributed by atoms with Crippen LogP contribution in [0.1, 0.15) is 36.5 Å². The minimum absolute atomic E-state index is 0.0760. The first kappa shape index (κ1) is 41.1. The van der Waals surface area contributed by atoms with Crippen LogP contribution in [0.3, 0.4) is 0 Å². The Balaban J connectivity index is 0.000000214. The van der Waals surface area contributed by atoms with E-state index in [1.807, 2.05) is 86.6 Å². The van der Waals surface area contributed by atoms with E-state index >= 15 is 0 Å². The van der Waals surface area contributed by atoms with Crippen LogP contribution in [0.15, 0.2) is 130 Å². The van der Waals surface area contributed by atoms with Crippen molar-refractivity contribution in [2.75, 3.05) is 21.1 Å². The Labute approximate surface area is 327 Å². The number of furan rings is 2. The summed E-state index contributed by atoms with van der Waals surface area (Å²) in [4.78, 5) is 22.5. The molecule has 0 fully saturated rings. The van der Waals surface area contributed by atoms with Crippen LogP contribution in [0.2, 0.25) is 0 Å². The van der Waals surface area contributed by atoms with E-state index in [0.717, 1.165) is 23.6 Å². The van der Waals surface area contributed by atoms with Crippen molar-refractivity contribution in [3.8, 4) is 22.3 Å². The van der Waals surface area contributed by atoms with Crippen LogP contribution in [-0.4, -0.2) is 41.3 Å². The average Bonchev–Trinajstić information content (AvgIpc) is 3.65. The van der Waals surface area contributed by atoms with Crippen LogP contribution in [0, 0.1) is 13.8 Å². The van der Waals surface area contributed by atoms with Gasteiger partial charge in [0.1, 0.15) is 24.7 Å². The molecule has 56 heavy (non-hydrogen) atoms. The molecule has 6 aromatic rings. The van der Waals surface area contributed by atoms with Gasteiger partial charge >= 0.3 is 11.9 Å². The number of benzene rings is 4. The zero-order chi connectivity index (χ0) is 40.6. The number of para-hydroxylation sites is 2. The second kappa shape index (κ2) is 17.6. The normalized spacial score (nSPS) is 11.2. The number of sulfonamides is 2. The van der Waals surface area contributed by atoms with E-state index in [9.17, 15) is 26.4 Å². The van der Waals surface area contributed by atoms with Crippen LogP contribution in [0.25, 0.3) is 22.3 Å². The second-order valence-corrected chi connectivity index (χ2v) is 16.3. The van der Waals surface area contributed by atoms with Crippen LogP contribution >= 0.6 is 0 Å². The SMILES string of the molecule is CC(=O)OCc1oc(N(c2ccccc2)S(C)(=O)=O)c(-c2ccccc2)c1C.CC(=O)OCc1oc(N(c2ccccc2)S(C)(=O)=O)c(-c2ccccc2)c1C. The first-order chi connectivity index (χ1) is 26.6. The van der Waals surface area contributed by atoms with E-state index in [1.165, 1.54) is 22.5 Å². The van der Waals surface area contributed by atoms with Crippen molar-refractivity contribution in [1.82, 2.24) is 0 Å². The summed E-state index contributed by atoms with van der Waals surface area (Å²) >= 11 is 0. The lowest BCUT2D eigenvalue weighted by Gasteiger charge is -2.21. The Morgan fingerprint density at radius 1 is 0.518 bits per heavy atom. The first-order valence-electron chi connectivity index (χ1n) is 17.3. The molecule has 0 N–H and O–H groups in total. The van der Waals surface area contributed by atoms with Gasteiger partial charge in [-0.2, -0.15) is 0 Å². The van der Waals surface area contributed by atoms with Gasteiger partial charge in [-0.05, 0) is 49.2 Å². The number of carbonyl (C=O) groups excluding carboxylic acids is 2. The topological polar surface area (TPSA) is 154 Å². The Bertz CT molecular complexity index is 2320. The Kier molecular flexibility index (Phi) is 12.9. The van der Waals surface area contributed by atoms with Gasteiger partial charge in [-0.25, -0.2) is 25.4 Å². The number of carbonyl (C=O) groups is 2. The summed E-state index contributed by atoms with van der Waals surface area (Å²) in [6, 6.07) is 36.1. The van der Waals surface area contributed by atoms with Crippen LogP contribution in [0.4, 0.5) is 23.1 Å². The molecule has 0 spiro atoms. The molecule has 2 heterocycles. The number of hydrogen-bond acceptors (Lipinski definition) is 10. The number of anilines is 4. The van der Waals surface area contributed by atoms with E-state index < -0.39 is 32.0 Å². The van der Waals surface area contributed by atoms with Gasteiger partial charge in [0.25, 0.3) is 0 Å². The number of hydrogen-bond donors (Lipinski definition) is 0. The maximum absolute atomic E-state index is 12.7. The second-order valence-electron chi connectivity index (χ2n) is 12.7. The molecule has 12 nitrogen and oxygen atoms in total. The lowest BCUT2D eigenvalue weighted by molar-refractivity contribution is -0.143. The molecule has 0 saturated carbocycles. The number of nitrogens with zero attached hydrogens (tertiary/aromatic N) is 2. The molecule has 14 heteroatoms. The van der Waals surface area contributed by atoms with Crippen molar-refractivity contribution in [2.45, 2.75) is 40.9 Å². The molecule has 6 rings (SSSR count). The Hall–Kier alpha value is -6.12. The van der Waals surface area contributed by atoms with E-state index in [-0.39, 0.29) is 25.0 Å². The molecular formula is C42H42N2O10S2. The van der Waals surface area contributed by atoms with Crippen molar-refractivity contribution < 1.29 is 44.7 Å². The summed E-state index contributed by atoms with van der Waals surface area (Å²) in [5, 5.41) is 0. The van der Waals surface area contributed by atoms with Crippen LogP contribution < -0.4 is 8.61 Å². The maximum Gasteiger partial charge on any atom is 0.303 e. The van der Waals surface area contributed by atoms with Gasteiger partial charge in [0.15, 0.2) is 0 Å². The fourth-order valence-corrected chi connectivity index (χ4v) is 7.79. The largest absolute Gasteiger partial charge is 0.458 e. The summed E-state index contributed by atoms with van der Waals surface area (Å²) in [5.74, 6) is 0.240. The highest BCUT2D eigenvalue weighted by molar-refractivity contribution is 7.92. The monoisotopic (exact) mass is 798 g/mol. The number of esters is 2. The molecule has 0 saturated heterocycles. The van der Waals surface area contributed by atoms with Crippen LogP contribution in [0.5, 0.6) is 0 Å². The lowest BCUT2D eigenvalue weighted by Crippen LogP contribution is -2.24. The molecule has 0 bridgehead atoms. The van der Waals surface area contributed by atoms with E-state index in [4.69, 9.17) is 18.3 Å². The molecule has 2 aromatic heterocycles. The van der Waals surface area contributed by atoms with E-state index in [1.54, 1.807) is 48.5 Å². The van der Waals surface area contributed by atoms with Crippen molar-refractivity contribution in [3.05, 3.63) is 144 Å². The zero-order valence-corrected chi connectivity index (χ0v) is 33.4. The molecule has 0 unspecified atom stereocenters. The number of rotatable bonds is 12. The van der Waals surface area contributed by atoms with Crippen LogP contribution in [-0.2, 0) is 52.3 Å². The predicted molar refractivity (Wildman–Crippen MR) is 216 cm³/mol. The minimum Gasteiger partial charge on any atom is -0.458 e. The molecular weight excluding hydrogens is 757 g/mol. The molecule has 0 atom stereocenters. The fraction of sp³-hybridized carbons (Fsp3) is 0.190. The van der Waals surface area contributed by atoms with E-state index in [2.05, 4.69) is 0 Å². The average molecular weight is 799 g/mol.